The molecule has 3 heteroatoms. The van der Waals surface area contributed by atoms with Crippen LogP contribution in [0.1, 0.15) is 17.0 Å². The van der Waals surface area contributed by atoms with E-state index in [2.05, 4.69) is 4.98 Å². The molecule has 0 spiro atoms. The van der Waals surface area contributed by atoms with Crippen molar-refractivity contribution in [2.75, 3.05) is 0 Å². The minimum absolute atomic E-state index is 0.418. The number of hydrogen-bond donors (Lipinski definition) is 1. The molecule has 1 heterocycles. The first-order valence-electron chi connectivity index (χ1n) is 4.94. The van der Waals surface area contributed by atoms with E-state index in [0.29, 0.717) is 12.4 Å². The van der Waals surface area contributed by atoms with E-state index in [1.165, 1.54) is 0 Å². The smallest absolute Gasteiger partial charge is 0.226 e. The second-order valence-electron chi connectivity index (χ2n) is 3.54. The van der Waals surface area contributed by atoms with Crippen LogP contribution in [0.25, 0.3) is 11.5 Å². The van der Waals surface area contributed by atoms with E-state index in [0.717, 1.165) is 22.6 Å². The van der Waals surface area contributed by atoms with Crippen LogP contribution in [0.15, 0.2) is 28.7 Å². The molecule has 0 amide bonds. The van der Waals surface area contributed by atoms with Gasteiger partial charge in [-0.05, 0) is 25.5 Å². The standard InChI is InChI=1S/C12H14N2O/c1-8-5-3-4-6-10(8)12-14-11(7-13)9(2)15-12/h3-6H,7,13H2,1-2H3. The van der Waals surface area contributed by atoms with Gasteiger partial charge in [-0.15, -0.1) is 0 Å². The highest BCUT2D eigenvalue weighted by molar-refractivity contribution is 5.58. The molecule has 0 fully saturated rings. The molecule has 0 radical (unpaired) electrons. The van der Waals surface area contributed by atoms with Crippen molar-refractivity contribution in [3.63, 3.8) is 0 Å². The van der Waals surface area contributed by atoms with Crippen molar-refractivity contribution in [2.45, 2.75) is 20.4 Å². The first-order chi connectivity index (χ1) is 7.22. The van der Waals surface area contributed by atoms with Crippen molar-refractivity contribution in [3.8, 4) is 11.5 Å². The zero-order valence-electron chi connectivity index (χ0n) is 8.95. The highest BCUT2D eigenvalue weighted by atomic mass is 16.4. The van der Waals surface area contributed by atoms with E-state index in [1.807, 2.05) is 38.1 Å². The minimum Gasteiger partial charge on any atom is -0.441 e. The molecule has 3 nitrogen and oxygen atoms in total. The lowest BCUT2D eigenvalue weighted by atomic mass is 10.1. The molecule has 0 atom stereocenters. The number of aromatic nitrogens is 1. The second-order valence-corrected chi connectivity index (χ2v) is 3.54. The van der Waals surface area contributed by atoms with Crippen LogP contribution >= 0.6 is 0 Å². The summed E-state index contributed by atoms with van der Waals surface area (Å²) in [6, 6.07) is 8.01. The number of nitrogens with zero attached hydrogens (tertiary/aromatic N) is 1. The Bertz CT molecular complexity index is 474. The molecular formula is C12H14N2O. The summed E-state index contributed by atoms with van der Waals surface area (Å²) < 4.78 is 5.58. The lowest BCUT2D eigenvalue weighted by Crippen LogP contribution is -1.98. The molecule has 0 saturated carbocycles. The quantitative estimate of drug-likeness (QED) is 0.813. The van der Waals surface area contributed by atoms with Gasteiger partial charge < -0.3 is 10.2 Å². The summed E-state index contributed by atoms with van der Waals surface area (Å²) in [7, 11) is 0. The average molecular weight is 202 g/mol. The Morgan fingerprint density at radius 1 is 1.27 bits per heavy atom. The molecular weight excluding hydrogens is 188 g/mol. The molecule has 0 aliphatic rings. The second kappa shape index (κ2) is 3.87. The third-order valence-corrected chi connectivity index (χ3v) is 2.46. The van der Waals surface area contributed by atoms with Gasteiger partial charge in [-0.3, -0.25) is 0 Å². The average Bonchev–Trinajstić information content (AvgIpc) is 2.60. The van der Waals surface area contributed by atoms with Crippen LogP contribution in [0.3, 0.4) is 0 Å². The number of benzene rings is 1. The first-order valence-corrected chi connectivity index (χ1v) is 4.94. The normalized spacial score (nSPS) is 10.6. The maximum Gasteiger partial charge on any atom is 0.226 e. The number of oxazole rings is 1. The molecule has 0 bridgehead atoms. The predicted molar refractivity (Wildman–Crippen MR) is 59.3 cm³/mol. The Balaban J connectivity index is 2.50. The van der Waals surface area contributed by atoms with E-state index >= 15 is 0 Å². The highest BCUT2D eigenvalue weighted by Crippen LogP contribution is 2.24. The van der Waals surface area contributed by atoms with Crippen molar-refractivity contribution in [1.29, 1.82) is 0 Å². The molecule has 1 aromatic heterocycles. The summed E-state index contributed by atoms with van der Waals surface area (Å²) >= 11 is 0. The summed E-state index contributed by atoms with van der Waals surface area (Å²) in [6.07, 6.45) is 0. The maximum absolute atomic E-state index is 5.58. The molecule has 2 aromatic rings. The molecule has 0 unspecified atom stereocenters. The van der Waals surface area contributed by atoms with Crippen LogP contribution in [-0.4, -0.2) is 4.98 Å². The molecule has 78 valence electrons. The van der Waals surface area contributed by atoms with Gasteiger partial charge in [0, 0.05) is 12.1 Å². The zero-order valence-corrected chi connectivity index (χ0v) is 8.95. The summed E-state index contributed by atoms with van der Waals surface area (Å²) in [5, 5.41) is 0. The van der Waals surface area contributed by atoms with Gasteiger partial charge in [0.25, 0.3) is 0 Å². The fraction of sp³-hybridized carbons (Fsp3) is 0.250. The Labute approximate surface area is 88.9 Å². The van der Waals surface area contributed by atoms with Gasteiger partial charge in [-0.2, -0.15) is 0 Å². The molecule has 15 heavy (non-hydrogen) atoms. The molecule has 2 rings (SSSR count). The maximum atomic E-state index is 5.58. The number of aryl methyl sites for hydroxylation is 2. The van der Waals surface area contributed by atoms with Crippen molar-refractivity contribution in [3.05, 3.63) is 41.3 Å². The SMILES string of the molecule is Cc1ccccc1-c1nc(CN)c(C)o1. The van der Waals surface area contributed by atoms with Crippen LogP contribution in [0.2, 0.25) is 0 Å². The Morgan fingerprint density at radius 3 is 2.60 bits per heavy atom. The van der Waals surface area contributed by atoms with E-state index in [9.17, 15) is 0 Å². The largest absolute Gasteiger partial charge is 0.441 e. The molecule has 0 saturated heterocycles. The van der Waals surface area contributed by atoms with Gasteiger partial charge in [0.1, 0.15) is 5.76 Å². The third-order valence-electron chi connectivity index (χ3n) is 2.46. The van der Waals surface area contributed by atoms with Crippen molar-refractivity contribution >= 4 is 0 Å². The Morgan fingerprint density at radius 2 is 2.00 bits per heavy atom. The van der Waals surface area contributed by atoms with Gasteiger partial charge in [0.05, 0.1) is 5.69 Å². The molecule has 2 N–H and O–H groups in total. The van der Waals surface area contributed by atoms with Crippen LogP contribution in [0.4, 0.5) is 0 Å². The van der Waals surface area contributed by atoms with E-state index in [-0.39, 0.29) is 0 Å². The van der Waals surface area contributed by atoms with E-state index in [1.54, 1.807) is 0 Å². The van der Waals surface area contributed by atoms with Crippen LogP contribution in [0.5, 0.6) is 0 Å². The van der Waals surface area contributed by atoms with E-state index < -0.39 is 0 Å². The highest BCUT2D eigenvalue weighted by Gasteiger charge is 2.11. The van der Waals surface area contributed by atoms with Gasteiger partial charge >= 0.3 is 0 Å². The molecule has 0 aliphatic carbocycles. The predicted octanol–water partition coefficient (Wildman–Crippen LogP) is 2.42. The molecule has 0 aliphatic heterocycles. The van der Waals surface area contributed by atoms with Crippen molar-refractivity contribution in [1.82, 2.24) is 4.98 Å². The summed E-state index contributed by atoms with van der Waals surface area (Å²) in [5.41, 5.74) is 8.57. The van der Waals surface area contributed by atoms with Gasteiger partial charge in [0.2, 0.25) is 5.89 Å². The van der Waals surface area contributed by atoms with Gasteiger partial charge in [-0.25, -0.2) is 4.98 Å². The molecule has 1 aromatic carbocycles. The van der Waals surface area contributed by atoms with Crippen LogP contribution in [-0.2, 0) is 6.54 Å². The third kappa shape index (κ3) is 1.78. The number of rotatable bonds is 2. The van der Waals surface area contributed by atoms with Crippen molar-refractivity contribution in [2.24, 2.45) is 5.73 Å². The fourth-order valence-electron chi connectivity index (χ4n) is 1.55. The summed E-state index contributed by atoms with van der Waals surface area (Å²) in [4.78, 5) is 4.37. The van der Waals surface area contributed by atoms with Crippen molar-refractivity contribution < 1.29 is 4.42 Å². The number of nitrogens with two attached hydrogens (primary N) is 1. The summed E-state index contributed by atoms with van der Waals surface area (Å²) in [5.74, 6) is 1.46. The number of hydrogen-bond acceptors (Lipinski definition) is 3. The van der Waals surface area contributed by atoms with Crippen LogP contribution in [0, 0.1) is 13.8 Å². The van der Waals surface area contributed by atoms with Gasteiger partial charge in [0.15, 0.2) is 0 Å². The lowest BCUT2D eigenvalue weighted by Gasteiger charge is -1.98. The Hall–Kier alpha value is -1.61. The summed E-state index contributed by atoms with van der Waals surface area (Å²) in [6.45, 7) is 4.34. The fourth-order valence-corrected chi connectivity index (χ4v) is 1.55. The Kier molecular flexibility index (Phi) is 2.56. The minimum atomic E-state index is 0.418. The monoisotopic (exact) mass is 202 g/mol. The van der Waals surface area contributed by atoms with E-state index in [4.69, 9.17) is 10.2 Å². The first kappa shape index (κ1) is 9.93. The van der Waals surface area contributed by atoms with Crippen LogP contribution < -0.4 is 5.73 Å². The topological polar surface area (TPSA) is 52.0 Å². The lowest BCUT2D eigenvalue weighted by molar-refractivity contribution is 0.539. The zero-order chi connectivity index (χ0) is 10.8. The van der Waals surface area contributed by atoms with Gasteiger partial charge in [-0.1, -0.05) is 18.2 Å².